The molecule has 0 aliphatic heterocycles. The van der Waals surface area contributed by atoms with Gasteiger partial charge in [-0.05, 0) is 43.7 Å². The summed E-state index contributed by atoms with van der Waals surface area (Å²) >= 11 is 13.9. The van der Waals surface area contributed by atoms with Crippen molar-refractivity contribution >= 4 is 34.5 Å². The summed E-state index contributed by atoms with van der Waals surface area (Å²) in [5.74, 6) is 0. The van der Waals surface area contributed by atoms with Crippen LogP contribution in [-0.4, -0.2) is 5.11 Å². The summed E-state index contributed by atoms with van der Waals surface area (Å²) in [6.45, 7) is 3.81. The molecule has 1 aromatic carbocycles. The molecule has 0 aliphatic rings. The third kappa shape index (κ3) is 2.89. The first-order valence-electron chi connectivity index (χ1n) is 5.62. The zero-order chi connectivity index (χ0) is 13.3. The van der Waals surface area contributed by atoms with Gasteiger partial charge in [0.25, 0.3) is 0 Å². The molecule has 0 spiro atoms. The van der Waals surface area contributed by atoms with Crippen molar-refractivity contribution in [2.75, 3.05) is 0 Å². The van der Waals surface area contributed by atoms with Crippen LogP contribution in [0.5, 0.6) is 0 Å². The number of thiophene rings is 1. The standard InChI is InChI=1S/C14H14Cl2OS/c1-9-6-7-13(18-9)14(2,17)8-10-11(15)4-3-5-12(10)16/h3-7,17H,8H2,1-2H3. The van der Waals surface area contributed by atoms with Crippen LogP contribution in [0.3, 0.4) is 0 Å². The Morgan fingerprint density at radius 3 is 2.28 bits per heavy atom. The van der Waals surface area contributed by atoms with E-state index in [9.17, 15) is 5.11 Å². The number of hydrogen-bond acceptors (Lipinski definition) is 2. The van der Waals surface area contributed by atoms with Crippen LogP contribution in [0.4, 0.5) is 0 Å². The van der Waals surface area contributed by atoms with E-state index in [1.807, 2.05) is 19.1 Å². The fraction of sp³-hybridized carbons (Fsp3) is 0.286. The quantitative estimate of drug-likeness (QED) is 0.862. The summed E-state index contributed by atoms with van der Waals surface area (Å²) in [7, 11) is 0. The topological polar surface area (TPSA) is 20.2 Å². The maximum atomic E-state index is 10.6. The molecule has 0 bridgehead atoms. The monoisotopic (exact) mass is 300 g/mol. The normalized spacial score (nSPS) is 14.5. The lowest BCUT2D eigenvalue weighted by atomic mass is 9.95. The van der Waals surface area contributed by atoms with Gasteiger partial charge in [-0.2, -0.15) is 0 Å². The fourth-order valence-corrected chi connectivity index (χ4v) is 3.30. The van der Waals surface area contributed by atoms with E-state index in [0.29, 0.717) is 16.5 Å². The molecule has 18 heavy (non-hydrogen) atoms. The van der Waals surface area contributed by atoms with Crippen molar-refractivity contribution in [2.24, 2.45) is 0 Å². The molecular formula is C14H14Cl2OS. The van der Waals surface area contributed by atoms with E-state index in [1.165, 1.54) is 4.88 Å². The first kappa shape index (κ1) is 13.9. The van der Waals surface area contributed by atoms with Crippen LogP contribution >= 0.6 is 34.5 Å². The summed E-state index contributed by atoms with van der Waals surface area (Å²) in [6, 6.07) is 9.34. The molecule has 2 aromatic rings. The van der Waals surface area contributed by atoms with Crippen LogP contribution in [0.25, 0.3) is 0 Å². The average Bonchev–Trinajstić information content (AvgIpc) is 2.71. The summed E-state index contributed by atoms with van der Waals surface area (Å²) in [4.78, 5) is 2.10. The van der Waals surface area contributed by atoms with Crippen molar-refractivity contribution in [3.63, 3.8) is 0 Å². The summed E-state index contributed by atoms with van der Waals surface area (Å²) in [5.41, 5.74) is -0.162. The van der Waals surface area contributed by atoms with E-state index in [-0.39, 0.29) is 0 Å². The molecule has 4 heteroatoms. The van der Waals surface area contributed by atoms with Crippen molar-refractivity contribution in [1.82, 2.24) is 0 Å². The maximum absolute atomic E-state index is 10.6. The van der Waals surface area contributed by atoms with Gasteiger partial charge in [0.2, 0.25) is 0 Å². The summed E-state index contributed by atoms with van der Waals surface area (Å²) in [5, 5.41) is 11.8. The van der Waals surface area contributed by atoms with Crippen LogP contribution in [0, 0.1) is 6.92 Å². The van der Waals surface area contributed by atoms with Crippen molar-refractivity contribution < 1.29 is 5.11 Å². The third-order valence-corrected chi connectivity index (χ3v) is 4.82. The van der Waals surface area contributed by atoms with Gasteiger partial charge in [0.05, 0.1) is 0 Å². The van der Waals surface area contributed by atoms with Gasteiger partial charge in [-0.15, -0.1) is 11.3 Å². The van der Waals surface area contributed by atoms with Crippen LogP contribution in [0.2, 0.25) is 10.0 Å². The predicted molar refractivity (Wildman–Crippen MR) is 78.8 cm³/mol. The molecule has 0 saturated carbocycles. The van der Waals surface area contributed by atoms with E-state index >= 15 is 0 Å². The Hall–Kier alpha value is -0.540. The second-order valence-electron chi connectivity index (χ2n) is 4.56. The predicted octanol–water partition coefficient (Wildman–Crippen LogP) is 4.81. The van der Waals surface area contributed by atoms with Crippen LogP contribution in [0.1, 0.15) is 22.2 Å². The zero-order valence-corrected chi connectivity index (χ0v) is 12.5. The Kier molecular flexibility index (Phi) is 4.02. The third-order valence-electron chi connectivity index (χ3n) is 2.85. The molecule has 1 atom stereocenters. The minimum absolute atomic E-state index is 0.408. The SMILES string of the molecule is Cc1ccc(C(C)(O)Cc2c(Cl)cccc2Cl)s1. The van der Waals surface area contributed by atoms with Gasteiger partial charge in [-0.3, -0.25) is 0 Å². The lowest BCUT2D eigenvalue weighted by molar-refractivity contribution is 0.0615. The molecule has 1 heterocycles. The van der Waals surface area contributed by atoms with Crippen molar-refractivity contribution in [2.45, 2.75) is 25.9 Å². The second-order valence-corrected chi connectivity index (χ2v) is 6.66. The Balaban J connectivity index is 2.33. The van der Waals surface area contributed by atoms with Gasteiger partial charge in [0.1, 0.15) is 5.60 Å². The minimum Gasteiger partial charge on any atom is -0.384 e. The fourth-order valence-electron chi connectivity index (χ4n) is 1.86. The molecule has 1 unspecified atom stereocenters. The van der Waals surface area contributed by atoms with Crippen LogP contribution in [0.15, 0.2) is 30.3 Å². The van der Waals surface area contributed by atoms with Gasteiger partial charge >= 0.3 is 0 Å². The molecule has 0 aliphatic carbocycles. The van der Waals surface area contributed by atoms with Crippen molar-refractivity contribution in [3.8, 4) is 0 Å². The van der Waals surface area contributed by atoms with E-state index < -0.39 is 5.60 Å². The van der Waals surface area contributed by atoms with Gasteiger partial charge in [-0.1, -0.05) is 29.3 Å². The number of aliphatic hydroxyl groups is 1. The van der Waals surface area contributed by atoms with E-state index in [0.717, 1.165) is 10.4 Å². The summed E-state index contributed by atoms with van der Waals surface area (Å²) < 4.78 is 0. The van der Waals surface area contributed by atoms with E-state index in [4.69, 9.17) is 23.2 Å². The first-order valence-corrected chi connectivity index (χ1v) is 7.19. The molecule has 0 saturated heterocycles. The first-order chi connectivity index (χ1) is 8.40. The number of hydrogen-bond donors (Lipinski definition) is 1. The van der Waals surface area contributed by atoms with Gasteiger partial charge in [0.15, 0.2) is 0 Å². The Bertz CT molecular complexity index is 540. The number of benzene rings is 1. The zero-order valence-electron chi connectivity index (χ0n) is 10.2. The highest BCUT2D eigenvalue weighted by Gasteiger charge is 2.27. The van der Waals surface area contributed by atoms with Crippen LogP contribution < -0.4 is 0 Å². The number of rotatable bonds is 3. The Labute approximate surface area is 121 Å². The van der Waals surface area contributed by atoms with Gasteiger partial charge in [0, 0.05) is 26.2 Å². The highest BCUT2D eigenvalue weighted by molar-refractivity contribution is 7.12. The molecule has 0 amide bonds. The lowest BCUT2D eigenvalue weighted by Crippen LogP contribution is -2.23. The number of halogens is 2. The highest BCUT2D eigenvalue weighted by Crippen LogP contribution is 2.35. The molecular weight excluding hydrogens is 287 g/mol. The number of aryl methyl sites for hydroxylation is 1. The van der Waals surface area contributed by atoms with Gasteiger partial charge < -0.3 is 5.11 Å². The smallest absolute Gasteiger partial charge is 0.100 e. The molecule has 1 nitrogen and oxygen atoms in total. The molecule has 96 valence electrons. The van der Waals surface area contributed by atoms with E-state index in [1.54, 1.807) is 36.5 Å². The van der Waals surface area contributed by atoms with Gasteiger partial charge in [-0.25, -0.2) is 0 Å². The maximum Gasteiger partial charge on any atom is 0.100 e. The summed E-state index contributed by atoms with van der Waals surface area (Å²) in [6.07, 6.45) is 0.408. The Morgan fingerprint density at radius 2 is 1.78 bits per heavy atom. The lowest BCUT2D eigenvalue weighted by Gasteiger charge is -2.23. The molecule has 1 N–H and O–H groups in total. The van der Waals surface area contributed by atoms with Crippen LogP contribution in [-0.2, 0) is 12.0 Å². The molecule has 0 radical (unpaired) electrons. The molecule has 0 fully saturated rings. The minimum atomic E-state index is -0.951. The second kappa shape index (κ2) is 5.22. The average molecular weight is 301 g/mol. The van der Waals surface area contributed by atoms with Crippen molar-refractivity contribution in [3.05, 3.63) is 55.7 Å². The van der Waals surface area contributed by atoms with E-state index in [2.05, 4.69) is 0 Å². The highest BCUT2D eigenvalue weighted by atomic mass is 35.5. The Morgan fingerprint density at radius 1 is 1.17 bits per heavy atom. The largest absolute Gasteiger partial charge is 0.384 e. The molecule has 1 aromatic heterocycles. The van der Waals surface area contributed by atoms with Crippen molar-refractivity contribution in [1.29, 1.82) is 0 Å². The molecule has 2 rings (SSSR count).